The Morgan fingerprint density at radius 1 is 1.47 bits per heavy atom. The largest absolute Gasteiger partial charge is 0.393 e. The van der Waals surface area contributed by atoms with E-state index in [0.717, 1.165) is 12.0 Å². The summed E-state index contributed by atoms with van der Waals surface area (Å²) in [4.78, 5) is 0. The quantitative estimate of drug-likeness (QED) is 0.742. The molecule has 1 aliphatic carbocycles. The number of allylic oxidation sites excluding steroid dienone is 2. The summed E-state index contributed by atoms with van der Waals surface area (Å²) in [6, 6.07) is 0. The summed E-state index contributed by atoms with van der Waals surface area (Å²) in [5, 5.41) is 20.4. The Labute approximate surface area is 105 Å². The molecule has 0 heterocycles. The zero-order chi connectivity index (χ0) is 13.4. The molecule has 17 heavy (non-hydrogen) atoms. The lowest BCUT2D eigenvalue weighted by molar-refractivity contribution is -0.0953. The van der Waals surface area contributed by atoms with Crippen LogP contribution in [-0.4, -0.2) is 21.9 Å². The number of hydrogen-bond donors (Lipinski definition) is 2. The molecule has 98 valence electrons. The summed E-state index contributed by atoms with van der Waals surface area (Å²) < 4.78 is 0. The van der Waals surface area contributed by atoms with Gasteiger partial charge in [0.1, 0.15) is 0 Å². The van der Waals surface area contributed by atoms with Crippen LogP contribution in [-0.2, 0) is 0 Å². The molecule has 4 atom stereocenters. The van der Waals surface area contributed by atoms with Gasteiger partial charge in [0, 0.05) is 5.92 Å². The minimum Gasteiger partial charge on any atom is -0.393 e. The molecule has 2 heteroatoms. The average molecular weight is 238 g/mol. The van der Waals surface area contributed by atoms with Gasteiger partial charge in [-0.2, -0.15) is 0 Å². The van der Waals surface area contributed by atoms with Crippen molar-refractivity contribution in [2.45, 2.75) is 52.2 Å². The number of hydrogen-bond acceptors (Lipinski definition) is 2. The van der Waals surface area contributed by atoms with Crippen LogP contribution in [0.4, 0.5) is 0 Å². The van der Waals surface area contributed by atoms with Crippen LogP contribution in [0, 0.1) is 17.3 Å². The lowest BCUT2D eigenvalue weighted by Crippen LogP contribution is -2.49. The summed E-state index contributed by atoms with van der Waals surface area (Å²) in [6.45, 7) is 15.6. The van der Waals surface area contributed by atoms with Crippen molar-refractivity contribution in [3.63, 3.8) is 0 Å². The molecule has 0 aromatic heterocycles. The second-order valence-electron chi connectivity index (χ2n) is 6.38. The normalized spacial score (nSPS) is 38.8. The number of aliphatic hydroxyl groups is 2. The Balaban J connectivity index is 3.03. The van der Waals surface area contributed by atoms with Crippen LogP contribution >= 0.6 is 0 Å². The van der Waals surface area contributed by atoms with Crippen molar-refractivity contribution in [2.75, 3.05) is 0 Å². The standard InChI is InChI=1S/C15H26O2/c1-7-15(6)9-13(16)12(14(4,5)17)8-11(15)10(2)3/h7,11-13,16-17H,1-2,8-9H2,3-6H3/t11-,12-,13-,15+/m0/s1. The van der Waals surface area contributed by atoms with Crippen LogP contribution in [0.5, 0.6) is 0 Å². The summed E-state index contributed by atoms with van der Waals surface area (Å²) in [7, 11) is 0. The van der Waals surface area contributed by atoms with Crippen LogP contribution in [0.25, 0.3) is 0 Å². The van der Waals surface area contributed by atoms with Crippen molar-refractivity contribution in [3.05, 3.63) is 24.8 Å². The molecule has 0 amide bonds. The van der Waals surface area contributed by atoms with Gasteiger partial charge in [0.15, 0.2) is 0 Å². The monoisotopic (exact) mass is 238 g/mol. The Hall–Kier alpha value is -0.600. The first kappa shape index (κ1) is 14.5. The first-order chi connectivity index (χ1) is 7.62. The van der Waals surface area contributed by atoms with E-state index < -0.39 is 11.7 Å². The third-order valence-corrected chi connectivity index (χ3v) is 4.37. The molecule has 0 radical (unpaired) electrons. The van der Waals surface area contributed by atoms with E-state index in [2.05, 4.69) is 20.1 Å². The van der Waals surface area contributed by atoms with Crippen molar-refractivity contribution in [1.29, 1.82) is 0 Å². The van der Waals surface area contributed by atoms with E-state index in [1.165, 1.54) is 0 Å². The van der Waals surface area contributed by atoms with Crippen LogP contribution in [0.1, 0.15) is 40.5 Å². The van der Waals surface area contributed by atoms with Gasteiger partial charge in [0.05, 0.1) is 11.7 Å². The summed E-state index contributed by atoms with van der Waals surface area (Å²) in [5.74, 6) is 0.178. The fraction of sp³-hybridized carbons (Fsp3) is 0.733. The Morgan fingerprint density at radius 2 is 2.00 bits per heavy atom. The Bertz CT molecular complexity index is 313. The van der Waals surface area contributed by atoms with E-state index in [4.69, 9.17) is 0 Å². The topological polar surface area (TPSA) is 40.5 Å². The SMILES string of the molecule is C=C[C@]1(C)C[C@H](O)[C@@H](C(C)(C)O)C[C@H]1C(=C)C. The Morgan fingerprint density at radius 3 is 2.35 bits per heavy atom. The minimum absolute atomic E-state index is 0.0998. The molecular weight excluding hydrogens is 212 g/mol. The van der Waals surface area contributed by atoms with E-state index >= 15 is 0 Å². The van der Waals surface area contributed by atoms with Gasteiger partial charge < -0.3 is 10.2 Å². The summed E-state index contributed by atoms with van der Waals surface area (Å²) >= 11 is 0. The molecule has 1 fully saturated rings. The summed E-state index contributed by atoms with van der Waals surface area (Å²) in [6.07, 6.45) is 2.86. The highest BCUT2D eigenvalue weighted by Gasteiger charge is 2.47. The van der Waals surface area contributed by atoms with E-state index in [-0.39, 0.29) is 17.3 Å². The maximum atomic E-state index is 10.2. The number of rotatable bonds is 3. The van der Waals surface area contributed by atoms with E-state index in [1.54, 1.807) is 13.8 Å². The first-order valence-corrected chi connectivity index (χ1v) is 6.31. The van der Waals surface area contributed by atoms with Gasteiger partial charge in [0.2, 0.25) is 0 Å². The third kappa shape index (κ3) is 2.80. The molecule has 0 aromatic rings. The average Bonchev–Trinajstić information content (AvgIpc) is 2.14. The van der Waals surface area contributed by atoms with Gasteiger partial charge in [-0.1, -0.05) is 25.2 Å². The van der Waals surface area contributed by atoms with E-state index in [9.17, 15) is 10.2 Å². The van der Waals surface area contributed by atoms with Crippen molar-refractivity contribution in [3.8, 4) is 0 Å². The predicted octanol–water partition coefficient (Wildman–Crippen LogP) is 2.91. The molecule has 1 saturated carbocycles. The van der Waals surface area contributed by atoms with Crippen LogP contribution in [0.2, 0.25) is 0 Å². The highest BCUT2D eigenvalue weighted by Crippen LogP contribution is 2.49. The lowest BCUT2D eigenvalue weighted by Gasteiger charge is -2.49. The molecule has 2 N–H and O–H groups in total. The number of aliphatic hydroxyl groups excluding tert-OH is 1. The van der Waals surface area contributed by atoms with Crippen molar-refractivity contribution in [1.82, 2.24) is 0 Å². The maximum Gasteiger partial charge on any atom is 0.0644 e. The zero-order valence-corrected chi connectivity index (χ0v) is 11.5. The smallest absolute Gasteiger partial charge is 0.0644 e. The molecule has 0 aromatic carbocycles. The van der Waals surface area contributed by atoms with Crippen LogP contribution < -0.4 is 0 Å². The van der Waals surface area contributed by atoms with Gasteiger partial charge in [0.25, 0.3) is 0 Å². The predicted molar refractivity (Wildman–Crippen MR) is 71.6 cm³/mol. The summed E-state index contributed by atoms with van der Waals surface area (Å²) in [5.41, 5.74) is 0.136. The highest BCUT2D eigenvalue weighted by atomic mass is 16.3. The maximum absolute atomic E-state index is 10.2. The third-order valence-electron chi connectivity index (χ3n) is 4.37. The lowest BCUT2D eigenvalue weighted by atomic mass is 9.59. The van der Waals surface area contributed by atoms with Crippen molar-refractivity contribution in [2.24, 2.45) is 17.3 Å². The van der Waals surface area contributed by atoms with Gasteiger partial charge in [-0.05, 0) is 44.9 Å². The van der Waals surface area contributed by atoms with Gasteiger partial charge >= 0.3 is 0 Å². The van der Waals surface area contributed by atoms with Crippen molar-refractivity contribution < 1.29 is 10.2 Å². The second-order valence-corrected chi connectivity index (χ2v) is 6.38. The molecule has 0 unspecified atom stereocenters. The fourth-order valence-corrected chi connectivity index (χ4v) is 3.16. The molecule has 0 bridgehead atoms. The first-order valence-electron chi connectivity index (χ1n) is 6.31. The highest BCUT2D eigenvalue weighted by molar-refractivity contribution is 5.14. The zero-order valence-electron chi connectivity index (χ0n) is 11.5. The molecular formula is C15H26O2. The molecule has 0 aliphatic heterocycles. The minimum atomic E-state index is -0.852. The molecule has 2 nitrogen and oxygen atoms in total. The van der Waals surface area contributed by atoms with Gasteiger partial charge in [-0.15, -0.1) is 6.58 Å². The molecule has 0 saturated heterocycles. The fourth-order valence-electron chi connectivity index (χ4n) is 3.16. The van der Waals surface area contributed by atoms with E-state index in [0.29, 0.717) is 6.42 Å². The van der Waals surface area contributed by atoms with Gasteiger partial charge in [-0.25, -0.2) is 0 Å². The van der Waals surface area contributed by atoms with Crippen LogP contribution in [0.15, 0.2) is 24.8 Å². The van der Waals surface area contributed by atoms with Crippen LogP contribution in [0.3, 0.4) is 0 Å². The Kier molecular flexibility index (Phi) is 3.90. The molecule has 1 rings (SSSR count). The second kappa shape index (κ2) is 4.58. The van der Waals surface area contributed by atoms with Gasteiger partial charge in [-0.3, -0.25) is 0 Å². The van der Waals surface area contributed by atoms with Crippen molar-refractivity contribution >= 4 is 0 Å². The van der Waals surface area contributed by atoms with E-state index in [1.807, 2.05) is 13.0 Å². The molecule has 0 spiro atoms. The molecule has 1 aliphatic rings.